The Kier molecular flexibility index (Phi) is 4.07. The Morgan fingerprint density at radius 3 is 2.70 bits per heavy atom. The van der Waals surface area contributed by atoms with E-state index in [0.717, 1.165) is 5.01 Å². The Morgan fingerprint density at radius 2 is 2.04 bits per heavy atom. The number of aromatic amines is 1. The highest BCUT2D eigenvalue weighted by molar-refractivity contribution is 7.09. The third-order valence-electron chi connectivity index (χ3n) is 3.46. The van der Waals surface area contributed by atoms with Crippen molar-refractivity contribution in [3.05, 3.63) is 65.7 Å². The molecule has 0 aliphatic rings. The first-order valence-corrected chi connectivity index (χ1v) is 7.93. The number of anilines is 3. The van der Waals surface area contributed by atoms with Gasteiger partial charge in [-0.2, -0.15) is 0 Å². The number of hydrogen-bond donors (Lipinski definition) is 3. The lowest BCUT2D eigenvalue weighted by molar-refractivity contribution is 0.740. The molecule has 8 heteroatoms. The number of pyridine rings is 1. The average Bonchev–Trinajstić information content (AvgIpc) is 3.09. The lowest BCUT2D eigenvalue weighted by Gasteiger charge is -2.19. The fourth-order valence-corrected chi connectivity index (χ4v) is 3.00. The van der Waals surface area contributed by atoms with E-state index in [1.165, 1.54) is 23.6 Å². The fourth-order valence-electron chi connectivity index (χ4n) is 2.22. The van der Waals surface area contributed by atoms with Gasteiger partial charge in [-0.3, -0.25) is 14.4 Å². The molecule has 0 aliphatic carbocycles. The van der Waals surface area contributed by atoms with Gasteiger partial charge < -0.3 is 15.6 Å². The Morgan fingerprint density at radius 1 is 1.26 bits per heavy atom. The van der Waals surface area contributed by atoms with Gasteiger partial charge in [-0.1, -0.05) is 6.92 Å². The molecule has 1 aromatic carbocycles. The summed E-state index contributed by atoms with van der Waals surface area (Å²) in [5, 5.41) is 8.48. The quantitative estimate of drug-likeness (QED) is 0.595. The van der Waals surface area contributed by atoms with E-state index in [9.17, 15) is 14.4 Å². The van der Waals surface area contributed by atoms with Crippen molar-refractivity contribution < 1.29 is 0 Å². The van der Waals surface area contributed by atoms with Crippen LogP contribution in [0.5, 0.6) is 0 Å². The van der Waals surface area contributed by atoms with Gasteiger partial charge in [0.15, 0.2) is 0 Å². The van der Waals surface area contributed by atoms with E-state index < -0.39 is 10.9 Å². The fraction of sp³-hybridized carbons (Fsp3) is 0.200. The second kappa shape index (κ2) is 6.17. The molecule has 0 fully saturated rings. The SMILES string of the molecule is CCC(Nc1c(Nc2ccc[nH]c2=O)c(=O)c1=O)c1nccs1. The van der Waals surface area contributed by atoms with E-state index in [2.05, 4.69) is 20.6 Å². The van der Waals surface area contributed by atoms with Gasteiger partial charge in [0, 0.05) is 17.8 Å². The molecule has 2 heterocycles. The van der Waals surface area contributed by atoms with Gasteiger partial charge in [0.25, 0.3) is 16.4 Å². The van der Waals surface area contributed by atoms with E-state index in [4.69, 9.17) is 0 Å². The number of thiazole rings is 1. The molecule has 3 N–H and O–H groups in total. The Bertz CT molecular complexity index is 938. The molecule has 23 heavy (non-hydrogen) atoms. The molecule has 0 amide bonds. The summed E-state index contributed by atoms with van der Waals surface area (Å²) >= 11 is 1.47. The number of nitrogens with one attached hydrogen (secondary N) is 3. The van der Waals surface area contributed by atoms with Gasteiger partial charge in [-0.15, -0.1) is 11.3 Å². The van der Waals surface area contributed by atoms with Crippen molar-refractivity contribution >= 4 is 28.4 Å². The molecule has 0 bridgehead atoms. The highest BCUT2D eigenvalue weighted by atomic mass is 32.1. The summed E-state index contributed by atoms with van der Waals surface area (Å²) in [6, 6.07) is 3.01. The molecule has 1 unspecified atom stereocenters. The Hall–Kier alpha value is -2.74. The summed E-state index contributed by atoms with van der Waals surface area (Å²) in [5.74, 6) is 0. The zero-order chi connectivity index (χ0) is 16.4. The number of aromatic nitrogens is 2. The molecule has 118 valence electrons. The first kappa shape index (κ1) is 15.2. The summed E-state index contributed by atoms with van der Waals surface area (Å²) in [5.41, 5.74) is -1.06. The van der Waals surface area contributed by atoms with Gasteiger partial charge in [-0.25, -0.2) is 4.98 Å². The van der Waals surface area contributed by atoms with E-state index in [0.29, 0.717) is 6.42 Å². The lowest BCUT2D eigenvalue weighted by Crippen LogP contribution is -2.38. The zero-order valence-electron chi connectivity index (χ0n) is 12.3. The molecular weight excluding hydrogens is 316 g/mol. The van der Waals surface area contributed by atoms with Gasteiger partial charge in [0.05, 0.1) is 6.04 Å². The summed E-state index contributed by atoms with van der Waals surface area (Å²) in [7, 11) is 0. The van der Waals surface area contributed by atoms with Crippen molar-refractivity contribution in [2.24, 2.45) is 0 Å². The minimum atomic E-state index is -0.634. The molecule has 1 atom stereocenters. The van der Waals surface area contributed by atoms with Crippen LogP contribution < -0.4 is 27.1 Å². The minimum absolute atomic E-state index is 0.113. The summed E-state index contributed by atoms with van der Waals surface area (Å²) in [6.45, 7) is 1.96. The maximum Gasteiger partial charge on any atom is 0.271 e. The summed E-state index contributed by atoms with van der Waals surface area (Å²) in [4.78, 5) is 42.1. The number of rotatable bonds is 6. The highest BCUT2D eigenvalue weighted by Gasteiger charge is 2.24. The predicted molar refractivity (Wildman–Crippen MR) is 90.5 cm³/mol. The minimum Gasteiger partial charge on any atom is -0.371 e. The van der Waals surface area contributed by atoms with E-state index in [1.807, 2.05) is 12.3 Å². The van der Waals surface area contributed by atoms with Crippen LogP contribution in [-0.4, -0.2) is 9.97 Å². The molecule has 0 saturated heterocycles. The number of hydrogen-bond acceptors (Lipinski definition) is 7. The van der Waals surface area contributed by atoms with Crippen LogP contribution in [0, 0.1) is 0 Å². The molecular formula is C15H14N4O3S. The van der Waals surface area contributed by atoms with E-state index in [-0.39, 0.29) is 28.7 Å². The average molecular weight is 330 g/mol. The van der Waals surface area contributed by atoms with Crippen LogP contribution in [0.15, 0.2) is 44.3 Å². The van der Waals surface area contributed by atoms with E-state index >= 15 is 0 Å². The van der Waals surface area contributed by atoms with Crippen molar-refractivity contribution in [3.63, 3.8) is 0 Å². The first-order valence-electron chi connectivity index (χ1n) is 7.05. The Balaban J connectivity index is 1.88. The summed E-state index contributed by atoms with van der Waals surface area (Å²) in [6.07, 6.45) is 3.89. The van der Waals surface area contributed by atoms with Crippen LogP contribution in [0.3, 0.4) is 0 Å². The predicted octanol–water partition coefficient (Wildman–Crippen LogP) is 1.73. The molecule has 3 rings (SSSR count). The molecule has 3 aromatic rings. The molecule has 0 spiro atoms. The smallest absolute Gasteiger partial charge is 0.271 e. The molecule has 0 radical (unpaired) electrons. The standard InChI is InChI=1S/C15H14N4O3S/c1-2-8(15-17-6-7-23-15)18-10-11(13(21)12(10)20)19-9-4-3-5-16-14(9)22/h3-8,18-19H,2H2,1H3,(H,16,22). The molecule has 2 aromatic heterocycles. The van der Waals surface area contributed by atoms with Gasteiger partial charge >= 0.3 is 0 Å². The Labute approximate surface area is 134 Å². The van der Waals surface area contributed by atoms with Crippen molar-refractivity contribution in [1.29, 1.82) is 0 Å². The monoisotopic (exact) mass is 330 g/mol. The third-order valence-corrected chi connectivity index (χ3v) is 4.35. The van der Waals surface area contributed by atoms with Crippen LogP contribution in [0.25, 0.3) is 0 Å². The van der Waals surface area contributed by atoms with Gasteiger partial charge in [-0.05, 0) is 18.6 Å². The zero-order valence-corrected chi connectivity index (χ0v) is 13.1. The first-order chi connectivity index (χ1) is 11.1. The topological polar surface area (TPSA) is 104 Å². The van der Waals surface area contributed by atoms with Crippen LogP contribution >= 0.6 is 11.3 Å². The normalized spacial score (nSPS) is 12.2. The highest BCUT2D eigenvalue weighted by Crippen LogP contribution is 2.27. The second-order valence-corrected chi connectivity index (χ2v) is 5.85. The molecule has 0 saturated carbocycles. The van der Waals surface area contributed by atoms with Gasteiger partial charge in [0.2, 0.25) is 0 Å². The summed E-state index contributed by atoms with van der Waals surface area (Å²) < 4.78 is 0. The van der Waals surface area contributed by atoms with Crippen molar-refractivity contribution in [2.45, 2.75) is 19.4 Å². The van der Waals surface area contributed by atoms with Crippen molar-refractivity contribution in [1.82, 2.24) is 9.97 Å². The molecule has 0 aliphatic heterocycles. The van der Waals surface area contributed by atoms with Crippen LogP contribution in [-0.2, 0) is 0 Å². The molecule has 7 nitrogen and oxygen atoms in total. The third kappa shape index (κ3) is 2.80. The largest absolute Gasteiger partial charge is 0.371 e. The van der Waals surface area contributed by atoms with E-state index in [1.54, 1.807) is 12.3 Å². The van der Waals surface area contributed by atoms with Crippen LogP contribution in [0.4, 0.5) is 17.1 Å². The number of H-pyrrole nitrogens is 1. The second-order valence-electron chi connectivity index (χ2n) is 4.92. The number of nitrogens with zero attached hydrogens (tertiary/aromatic N) is 1. The maximum atomic E-state index is 11.9. The van der Waals surface area contributed by atoms with Crippen molar-refractivity contribution in [2.75, 3.05) is 10.6 Å². The van der Waals surface area contributed by atoms with Crippen LogP contribution in [0.2, 0.25) is 0 Å². The van der Waals surface area contributed by atoms with Crippen molar-refractivity contribution in [3.8, 4) is 0 Å². The lowest BCUT2D eigenvalue weighted by atomic mass is 10.1. The maximum absolute atomic E-state index is 11.9. The van der Waals surface area contributed by atoms with Gasteiger partial charge in [0.1, 0.15) is 22.1 Å². The van der Waals surface area contributed by atoms with Crippen LogP contribution in [0.1, 0.15) is 24.4 Å².